The number of halogens is 1. The number of anilines is 1. The number of ether oxygens (including phenoxy) is 1. The largest absolute Gasteiger partial charge is 0.497 e. The molecule has 0 radical (unpaired) electrons. The Bertz CT molecular complexity index is 1460. The van der Waals surface area contributed by atoms with Crippen LogP contribution >= 0.6 is 0 Å². The van der Waals surface area contributed by atoms with Crippen molar-refractivity contribution in [2.75, 3.05) is 18.6 Å². The first kappa shape index (κ1) is 23.0. The second kappa shape index (κ2) is 9.24. The van der Waals surface area contributed by atoms with Crippen molar-refractivity contribution in [3.63, 3.8) is 0 Å². The Balaban J connectivity index is 1.38. The average molecular weight is 496 g/mol. The van der Waals surface area contributed by atoms with Crippen LogP contribution in [-0.2, 0) is 4.79 Å². The summed E-state index contributed by atoms with van der Waals surface area (Å²) in [4.78, 5) is 31.1. The van der Waals surface area contributed by atoms with Gasteiger partial charge in [0.2, 0.25) is 5.91 Å². The highest BCUT2D eigenvalue weighted by Gasteiger charge is 2.40. The summed E-state index contributed by atoms with van der Waals surface area (Å²) in [5.74, 6) is -0.0348. The Morgan fingerprint density at radius 1 is 0.919 bits per heavy atom. The van der Waals surface area contributed by atoms with Crippen LogP contribution in [0.25, 0.3) is 5.69 Å². The van der Waals surface area contributed by atoms with Gasteiger partial charge in [-0.2, -0.15) is 0 Å². The van der Waals surface area contributed by atoms with Gasteiger partial charge in [-0.1, -0.05) is 24.3 Å². The number of fused-ring (bicyclic) bond motifs is 3. The lowest BCUT2D eigenvalue weighted by molar-refractivity contribution is -0.119. The maximum Gasteiger partial charge on any atom is 0.254 e. The van der Waals surface area contributed by atoms with Crippen molar-refractivity contribution >= 4 is 17.5 Å². The zero-order valence-corrected chi connectivity index (χ0v) is 20.4. The number of carbonyl (C=O) groups is 2. The highest BCUT2D eigenvalue weighted by atomic mass is 19.1. The molecule has 1 unspecified atom stereocenters. The van der Waals surface area contributed by atoms with Crippen molar-refractivity contribution in [3.8, 4) is 11.4 Å². The van der Waals surface area contributed by atoms with Gasteiger partial charge in [-0.3, -0.25) is 14.5 Å². The Hall–Kier alpha value is -4.39. The summed E-state index contributed by atoms with van der Waals surface area (Å²) in [6.45, 7) is -0.0533. The topological polar surface area (TPSA) is 54.8 Å². The third-order valence-corrected chi connectivity index (χ3v) is 7.06. The molecule has 4 aromatic rings. The van der Waals surface area contributed by atoms with Gasteiger partial charge in [0, 0.05) is 17.8 Å². The minimum atomic E-state index is -0.463. The van der Waals surface area contributed by atoms with E-state index in [1.807, 2.05) is 42.6 Å². The van der Waals surface area contributed by atoms with E-state index >= 15 is 0 Å². The minimum absolute atomic E-state index is 0.0340. The number of amides is 2. The van der Waals surface area contributed by atoms with Gasteiger partial charge in [0.15, 0.2) is 0 Å². The molecule has 1 fully saturated rings. The van der Waals surface area contributed by atoms with Crippen LogP contribution in [0.1, 0.15) is 40.5 Å². The molecule has 1 saturated carbocycles. The van der Waals surface area contributed by atoms with E-state index in [9.17, 15) is 14.0 Å². The first-order valence-corrected chi connectivity index (χ1v) is 12.3. The molecule has 2 aliphatic rings. The summed E-state index contributed by atoms with van der Waals surface area (Å²) in [5, 5.41) is 0. The lowest BCUT2D eigenvalue weighted by Gasteiger charge is -2.39. The SMILES string of the molecule is COc1ccc(C(=O)N(CC(=O)N2c3ccccc3-n3cccc3C2c2ccc(F)cc2)C2CC2)cc1. The summed E-state index contributed by atoms with van der Waals surface area (Å²) in [7, 11) is 1.58. The molecule has 2 heterocycles. The number of hydrogen-bond acceptors (Lipinski definition) is 3. The number of benzene rings is 3. The quantitative estimate of drug-likeness (QED) is 0.362. The molecule has 1 atom stereocenters. The predicted octanol–water partition coefficient (Wildman–Crippen LogP) is 5.37. The summed E-state index contributed by atoms with van der Waals surface area (Å²) in [5.41, 5.74) is 3.84. The Labute approximate surface area is 214 Å². The fraction of sp³-hybridized carbons (Fsp3) is 0.200. The Kier molecular flexibility index (Phi) is 5.75. The van der Waals surface area contributed by atoms with Crippen LogP contribution < -0.4 is 9.64 Å². The van der Waals surface area contributed by atoms with E-state index in [0.29, 0.717) is 11.3 Å². The fourth-order valence-corrected chi connectivity index (χ4v) is 5.10. The molecule has 1 aliphatic carbocycles. The summed E-state index contributed by atoms with van der Waals surface area (Å²) in [6, 6.07) is 24.4. The van der Waals surface area contributed by atoms with Gasteiger partial charge in [0.1, 0.15) is 24.2 Å². The monoisotopic (exact) mass is 495 g/mol. The Morgan fingerprint density at radius 2 is 1.62 bits per heavy atom. The zero-order chi connectivity index (χ0) is 25.5. The number of hydrogen-bond donors (Lipinski definition) is 0. The number of methoxy groups -OCH3 is 1. The zero-order valence-electron chi connectivity index (χ0n) is 20.4. The van der Waals surface area contributed by atoms with Gasteiger partial charge in [-0.05, 0) is 79.1 Å². The van der Waals surface area contributed by atoms with Crippen LogP contribution in [0.15, 0.2) is 91.1 Å². The van der Waals surface area contributed by atoms with Crippen LogP contribution in [0.2, 0.25) is 0 Å². The van der Waals surface area contributed by atoms with Gasteiger partial charge in [0.05, 0.1) is 24.2 Å². The number of aromatic nitrogens is 1. The maximum absolute atomic E-state index is 14.2. The van der Waals surface area contributed by atoms with Crippen LogP contribution in [0.3, 0.4) is 0 Å². The van der Waals surface area contributed by atoms with E-state index in [0.717, 1.165) is 35.5 Å². The third-order valence-electron chi connectivity index (χ3n) is 7.06. The van der Waals surface area contributed by atoms with E-state index in [1.54, 1.807) is 53.3 Å². The molecule has 3 aromatic carbocycles. The van der Waals surface area contributed by atoms with Gasteiger partial charge in [0.25, 0.3) is 5.91 Å². The molecule has 37 heavy (non-hydrogen) atoms. The van der Waals surface area contributed by atoms with Crippen LogP contribution in [0.4, 0.5) is 10.1 Å². The first-order chi connectivity index (χ1) is 18.0. The number of rotatable bonds is 6. The van der Waals surface area contributed by atoms with Gasteiger partial charge in [-0.25, -0.2) is 4.39 Å². The van der Waals surface area contributed by atoms with E-state index in [1.165, 1.54) is 12.1 Å². The van der Waals surface area contributed by atoms with Crippen molar-refractivity contribution in [2.45, 2.75) is 24.9 Å². The molecule has 6 nitrogen and oxygen atoms in total. The molecule has 0 spiro atoms. The molecule has 1 aliphatic heterocycles. The molecule has 0 saturated heterocycles. The second-order valence-corrected chi connectivity index (χ2v) is 9.40. The predicted molar refractivity (Wildman–Crippen MR) is 139 cm³/mol. The second-order valence-electron chi connectivity index (χ2n) is 9.40. The molecule has 0 bridgehead atoms. The molecule has 6 rings (SSSR count). The molecule has 7 heteroatoms. The molecule has 2 amide bonds. The highest BCUT2D eigenvalue weighted by Crippen LogP contribution is 2.42. The molecule has 1 aromatic heterocycles. The molecular weight excluding hydrogens is 469 g/mol. The summed E-state index contributed by atoms with van der Waals surface area (Å²) >= 11 is 0. The van der Waals surface area contributed by atoms with Crippen molar-refractivity contribution in [1.29, 1.82) is 0 Å². The van der Waals surface area contributed by atoms with Crippen LogP contribution in [0.5, 0.6) is 5.75 Å². The van der Waals surface area contributed by atoms with Gasteiger partial charge in [-0.15, -0.1) is 0 Å². The normalized spacial score (nSPS) is 16.1. The molecule has 0 N–H and O–H groups in total. The van der Waals surface area contributed by atoms with Gasteiger partial charge < -0.3 is 14.2 Å². The number of nitrogens with zero attached hydrogens (tertiary/aromatic N) is 3. The third kappa shape index (κ3) is 4.16. The Morgan fingerprint density at radius 3 is 2.30 bits per heavy atom. The van der Waals surface area contributed by atoms with E-state index in [2.05, 4.69) is 4.57 Å². The molecular formula is C30H26FN3O3. The maximum atomic E-state index is 14.2. The van der Waals surface area contributed by atoms with Crippen molar-refractivity contribution in [1.82, 2.24) is 9.47 Å². The lowest BCUT2D eigenvalue weighted by atomic mass is 9.97. The summed E-state index contributed by atoms with van der Waals surface area (Å²) in [6.07, 6.45) is 3.71. The smallest absolute Gasteiger partial charge is 0.254 e. The molecule has 186 valence electrons. The minimum Gasteiger partial charge on any atom is -0.497 e. The number of para-hydroxylation sites is 2. The lowest BCUT2D eigenvalue weighted by Crippen LogP contribution is -2.47. The van der Waals surface area contributed by atoms with Crippen molar-refractivity contribution in [3.05, 3.63) is 114 Å². The average Bonchev–Trinajstić information content (AvgIpc) is 3.66. The van der Waals surface area contributed by atoms with Crippen LogP contribution in [-0.4, -0.2) is 41.0 Å². The highest BCUT2D eigenvalue weighted by molar-refractivity contribution is 6.03. The number of carbonyl (C=O) groups excluding carboxylic acids is 2. The standard InChI is InChI=1S/C30H26FN3O3/c1-37-24-16-10-21(11-17-24)30(36)33(23-14-15-23)19-28(35)34-26-6-3-2-5-25(26)32-18-4-7-27(32)29(34)20-8-12-22(31)13-9-20/h2-13,16-18,23,29H,14-15,19H2,1H3. The fourth-order valence-electron chi connectivity index (χ4n) is 5.10. The van der Waals surface area contributed by atoms with Gasteiger partial charge >= 0.3 is 0 Å². The van der Waals surface area contributed by atoms with Crippen LogP contribution in [0, 0.1) is 5.82 Å². The first-order valence-electron chi connectivity index (χ1n) is 12.3. The van der Waals surface area contributed by atoms with Crippen molar-refractivity contribution in [2.24, 2.45) is 0 Å². The van der Waals surface area contributed by atoms with E-state index < -0.39 is 6.04 Å². The van der Waals surface area contributed by atoms with Crippen molar-refractivity contribution < 1.29 is 18.7 Å². The van der Waals surface area contributed by atoms with E-state index in [-0.39, 0.29) is 30.2 Å². The van der Waals surface area contributed by atoms with E-state index in [4.69, 9.17) is 4.74 Å². The summed E-state index contributed by atoms with van der Waals surface area (Å²) < 4.78 is 21.1.